The van der Waals surface area contributed by atoms with Crippen LogP contribution in [-0.2, 0) is 28.7 Å². The van der Waals surface area contributed by atoms with Crippen molar-refractivity contribution in [2.75, 3.05) is 20.8 Å². The van der Waals surface area contributed by atoms with Crippen molar-refractivity contribution in [3.63, 3.8) is 0 Å². The lowest BCUT2D eigenvalue weighted by molar-refractivity contribution is -0.143. The van der Waals surface area contributed by atoms with Crippen LogP contribution in [0.15, 0.2) is 30.3 Å². The summed E-state index contributed by atoms with van der Waals surface area (Å²) in [5.41, 5.74) is 0.711. The van der Waals surface area contributed by atoms with Crippen molar-refractivity contribution in [1.82, 2.24) is 20.9 Å². The highest BCUT2D eigenvalue weighted by atomic mass is 16.5. The molecule has 4 N–H and O–H groups in total. The van der Waals surface area contributed by atoms with Gasteiger partial charge in [0.15, 0.2) is 0 Å². The second-order valence-corrected chi connectivity index (χ2v) is 12.8. The third-order valence-corrected chi connectivity index (χ3v) is 9.11. The van der Waals surface area contributed by atoms with E-state index in [2.05, 4.69) is 16.0 Å². The van der Waals surface area contributed by atoms with Crippen molar-refractivity contribution in [3.8, 4) is 0 Å². The number of ether oxygens (including phenoxy) is 2. The van der Waals surface area contributed by atoms with Crippen molar-refractivity contribution < 1.29 is 33.8 Å². The van der Waals surface area contributed by atoms with E-state index in [1.807, 2.05) is 58.0 Å². The first-order valence-corrected chi connectivity index (χ1v) is 16.2. The van der Waals surface area contributed by atoms with Crippen LogP contribution in [0.2, 0.25) is 0 Å². The fourth-order valence-electron chi connectivity index (χ4n) is 6.17. The number of hydrogen-bond acceptors (Lipinski definition) is 7. The van der Waals surface area contributed by atoms with Gasteiger partial charge in [-0.25, -0.2) is 0 Å². The van der Waals surface area contributed by atoms with Crippen LogP contribution in [0.3, 0.4) is 0 Å². The van der Waals surface area contributed by atoms with Crippen LogP contribution in [0, 0.1) is 17.8 Å². The molecule has 0 unspecified atom stereocenters. The van der Waals surface area contributed by atoms with Gasteiger partial charge >= 0.3 is 0 Å². The first-order chi connectivity index (χ1) is 21.3. The highest BCUT2D eigenvalue weighted by Gasteiger charge is 2.42. The second kappa shape index (κ2) is 18.2. The minimum absolute atomic E-state index is 0.00474. The Labute approximate surface area is 269 Å². The molecule has 45 heavy (non-hydrogen) atoms. The minimum Gasteiger partial charge on any atom is -0.386 e. The zero-order chi connectivity index (χ0) is 33.8. The topological polar surface area (TPSA) is 146 Å². The lowest BCUT2D eigenvalue weighted by Crippen LogP contribution is -2.57. The molecule has 0 radical (unpaired) electrons. The van der Waals surface area contributed by atoms with Gasteiger partial charge in [-0.2, -0.15) is 0 Å². The molecule has 1 fully saturated rings. The van der Waals surface area contributed by atoms with Gasteiger partial charge in [-0.1, -0.05) is 71.4 Å². The van der Waals surface area contributed by atoms with Crippen LogP contribution in [0.5, 0.6) is 0 Å². The standard InChI is InChI=1S/C34H56N4O7/c1-10-21(4)30(37-34(43)29(20(2)3)36-24(7)39)27(44-8)19-28(40)38-18-14-17-26(38)32(45-9)22(5)33(42)35-23(6)31(41)25-15-12-11-13-16-25/h11-13,15-16,20-23,26-27,29-32,41H,10,14,17-19H2,1-9H3,(H,35,42)(H,36,39)(H,37,43)/t21-,22+,23+,26-,27+,29-,30-,31+,32+/m0/s1. The van der Waals surface area contributed by atoms with Gasteiger partial charge in [0, 0.05) is 27.7 Å². The number of hydrogen-bond donors (Lipinski definition) is 4. The van der Waals surface area contributed by atoms with Gasteiger partial charge in [0.05, 0.1) is 48.8 Å². The molecular weight excluding hydrogens is 576 g/mol. The zero-order valence-electron chi connectivity index (χ0n) is 28.5. The molecule has 0 bridgehead atoms. The second-order valence-electron chi connectivity index (χ2n) is 12.8. The molecule has 1 saturated heterocycles. The number of carbonyl (C=O) groups is 4. The molecule has 1 aromatic carbocycles. The predicted molar refractivity (Wildman–Crippen MR) is 173 cm³/mol. The molecule has 1 aliphatic heterocycles. The summed E-state index contributed by atoms with van der Waals surface area (Å²) in [6, 6.07) is 7.14. The number of aliphatic hydroxyl groups excluding tert-OH is 1. The smallest absolute Gasteiger partial charge is 0.243 e. The van der Waals surface area contributed by atoms with Crippen LogP contribution in [0.1, 0.15) is 85.8 Å². The molecular formula is C34H56N4O7. The molecule has 2 rings (SSSR count). The molecule has 0 saturated carbocycles. The Morgan fingerprint density at radius 1 is 0.956 bits per heavy atom. The molecule has 4 amide bonds. The maximum atomic E-state index is 13.8. The number of methoxy groups -OCH3 is 2. The Kier molecular flexibility index (Phi) is 15.4. The number of nitrogens with one attached hydrogen (secondary N) is 3. The molecule has 11 nitrogen and oxygen atoms in total. The molecule has 11 heteroatoms. The summed E-state index contributed by atoms with van der Waals surface area (Å²) in [7, 11) is 3.08. The maximum absolute atomic E-state index is 13.8. The number of nitrogens with zero attached hydrogens (tertiary/aromatic N) is 1. The molecule has 1 aliphatic rings. The van der Waals surface area contributed by atoms with E-state index in [0.29, 0.717) is 18.5 Å². The average molecular weight is 633 g/mol. The summed E-state index contributed by atoms with van der Waals surface area (Å²) >= 11 is 0. The van der Waals surface area contributed by atoms with Gasteiger partial charge < -0.3 is 35.4 Å². The van der Waals surface area contributed by atoms with Gasteiger partial charge in [-0.15, -0.1) is 0 Å². The van der Waals surface area contributed by atoms with Crippen LogP contribution in [-0.4, -0.2) is 90.8 Å². The highest BCUT2D eigenvalue weighted by molar-refractivity contribution is 5.87. The number of rotatable bonds is 17. The lowest BCUT2D eigenvalue weighted by atomic mass is 9.90. The Hall–Kier alpha value is -3.02. The first-order valence-electron chi connectivity index (χ1n) is 16.2. The Balaban J connectivity index is 2.16. The maximum Gasteiger partial charge on any atom is 0.243 e. The van der Waals surface area contributed by atoms with Crippen molar-refractivity contribution in [2.24, 2.45) is 17.8 Å². The van der Waals surface area contributed by atoms with Crippen molar-refractivity contribution in [2.45, 2.75) is 117 Å². The number of amides is 4. The SMILES string of the molecule is CC[C@H](C)[C@H](NC(=O)[C@@H](NC(C)=O)C(C)C)[C@@H](CC(=O)N1CCC[C@H]1[C@H](OC)[C@@H](C)C(=O)N[C@H](C)[C@@H](O)c1ccccc1)OC. The van der Waals surface area contributed by atoms with Gasteiger partial charge in [0.1, 0.15) is 6.04 Å². The van der Waals surface area contributed by atoms with Crippen molar-refractivity contribution in [1.29, 1.82) is 0 Å². The van der Waals surface area contributed by atoms with Crippen molar-refractivity contribution >= 4 is 23.6 Å². The van der Waals surface area contributed by atoms with Gasteiger partial charge in [0.2, 0.25) is 23.6 Å². The number of aliphatic hydroxyl groups is 1. The summed E-state index contributed by atoms with van der Waals surface area (Å²) in [6.07, 6.45) is 0.188. The summed E-state index contributed by atoms with van der Waals surface area (Å²) in [5.74, 6) is -1.74. The van der Waals surface area contributed by atoms with Crippen molar-refractivity contribution in [3.05, 3.63) is 35.9 Å². The predicted octanol–water partition coefficient (Wildman–Crippen LogP) is 2.96. The van der Waals surface area contributed by atoms with E-state index in [4.69, 9.17) is 9.47 Å². The van der Waals surface area contributed by atoms with Crippen LogP contribution in [0.4, 0.5) is 0 Å². The summed E-state index contributed by atoms with van der Waals surface area (Å²) in [4.78, 5) is 54.0. The summed E-state index contributed by atoms with van der Waals surface area (Å²) in [6.45, 7) is 13.2. The highest BCUT2D eigenvalue weighted by Crippen LogP contribution is 2.29. The molecule has 254 valence electrons. The fraction of sp³-hybridized carbons (Fsp3) is 0.706. The van der Waals surface area contributed by atoms with E-state index in [-0.39, 0.29) is 47.9 Å². The minimum atomic E-state index is -0.869. The molecule has 1 aromatic rings. The van der Waals surface area contributed by atoms with Crippen LogP contribution in [0.25, 0.3) is 0 Å². The fourth-order valence-corrected chi connectivity index (χ4v) is 6.17. The summed E-state index contributed by atoms with van der Waals surface area (Å²) in [5, 5.41) is 19.5. The first kappa shape index (κ1) is 38.2. The van der Waals surface area contributed by atoms with Gasteiger partial charge in [0.25, 0.3) is 0 Å². The van der Waals surface area contributed by atoms with E-state index in [9.17, 15) is 24.3 Å². The normalized spacial score (nSPS) is 20.3. The lowest BCUT2D eigenvalue weighted by Gasteiger charge is -2.37. The molecule has 0 aliphatic carbocycles. The molecule has 1 heterocycles. The largest absolute Gasteiger partial charge is 0.386 e. The zero-order valence-corrected chi connectivity index (χ0v) is 28.5. The van der Waals surface area contributed by atoms with E-state index in [1.54, 1.807) is 25.9 Å². The Morgan fingerprint density at radius 3 is 2.13 bits per heavy atom. The number of carbonyl (C=O) groups excluding carboxylic acids is 4. The van der Waals surface area contributed by atoms with E-state index in [1.165, 1.54) is 14.0 Å². The van der Waals surface area contributed by atoms with E-state index >= 15 is 0 Å². The monoisotopic (exact) mass is 632 g/mol. The van der Waals surface area contributed by atoms with Gasteiger partial charge in [-0.05, 0) is 37.2 Å². The third-order valence-electron chi connectivity index (χ3n) is 9.11. The van der Waals surface area contributed by atoms with Gasteiger partial charge in [-0.3, -0.25) is 19.2 Å². The molecule has 9 atom stereocenters. The van der Waals surface area contributed by atoms with Crippen LogP contribution >= 0.6 is 0 Å². The number of benzene rings is 1. The Morgan fingerprint density at radius 2 is 1.60 bits per heavy atom. The van der Waals surface area contributed by atoms with E-state index in [0.717, 1.165) is 12.8 Å². The van der Waals surface area contributed by atoms with E-state index < -0.39 is 42.4 Å². The third kappa shape index (κ3) is 10.5. The van der Waals surface area contributed by atoms with Crippen LogP contribution < -0.4 is 16.0 Å². The average Bonchev–Trinajstić information content (AvgIpc) is 3.50. The molecule has 0 aromatic heterocycles. The molecule has 0 spiro atoms. The Bertz CT molecular complexity index is 1100. The number of likely N-dealkylation sites (tertiary alicyclic amines) is 1. The summed E-state index contributed by atoms with van der Waals surface area (Å²) < 4.78 is 11.7. The quantitative estimate of drug-likeness (QED) is 0.207.